The maximum Gasteiger partial charge on any atom is 0.139 e. The Hall–Kier alpha value is -0.660. The zero-order valence-electron chi connectivity index (χ0n) is 7.80. The van der Waals surface area contributed by atoms with Crippen molar-refractivity contribution in [3.05, 3.63) is 0 Å². The molecule has 0 amide bonds. The second-order valence-corrected chi connectivity index (χ2v) is 3.56. The van der Waals surface area contributed by atoms with Crippen LogP contribution in [0, 0.1) is 11.8 Å². The maximum atomic E-state index is 11.6. The molecule has 1 rings (SSSR count). The topological polar surface area (TPSA) is 34.1 Å². The highest BCUT2D eigenvalue weighted by molar-refractivity contribution is 5.96. The lowest BCUT2D eigenvalue weighted by molar-refractivity contribution is -0.137. The standard InChI is InChI=1S/C10H16O2/c1-3-7-5-9(11)6-8(4-2)10(7)12/h7-8H,3-6H2,1-2H3. The SMILES string of the molecule is CCC1CC(=O)CC(CC)C1=O. The average Bonchev–Trinajstić information content (AvgIpc) is 2.08. The summed E-state index contributed by atoms with van der Waals surface area (Å²) in [5, 5.41) is 0. The van der Waals surface area contributed by atoms with Crippen LogP contribution in [0.25, 0.3) is 0 Å². The van der Waals surface area contributed by atoms with Gasteiger partial charge in [-0.05, 0) is 12.8 Å². The highest BCUT2D eigenvalue weighted by Gasteiger charge is 2.32. The number of carbonyl (C=O) groups is 2. The molecule has 0 aromatic rings. The van der Waals surface area contributed by atoms with Crippen LogP contribution in [-0.2, 0) is 9.59 Å². The van der Waals surface area contributed by atoms with E-state index in [0.717, 1.165) is 12.8 Å². The molecule has 1 saturated carbocycles. The highest BCUT2D eigenvalue weighted by atomic mass is 16.1. The van der Waals surface area contributed by atoms with Crippen molar-refractivity contribution in [1.29, 1.82) is 0 Å². The summed E-state index contributed by atoms with van der Waals surface area (Å²) < 4.78 is 0. The predicted molar refractivity (Wildman–Crippen MR) is 46.8 cm³/mol. The van der Waals surface area contributed by atoms with E-state index in [0.29, 0.717) is 18.6 Å². The summed E-state index contributed by atoms with van der Waals surface area (Å²) in [5.74, 6) is 0.639. The van der Waals surface area contributed by atoms with Gasteiger partial charge in [0.05, 0.1) is 0 Å². The number of hydrogen-bond donors (Lipinski definition) is 0. The molecule has 0 spiro atoms. The molecule has 0 aromatic carbocycles. The third-order valence-corrected chi connectivity index (χ3v) is 2.74. The minimum atomic E-state index is 0.0243. The Balaban J connectivity index is 2.67. The number of hydrogen-bond acceptors (Lipinski definition) is 2. The first-order valence-electron chi connectivity index (χ1n) is 4.74. The molecule has 2 heteroatoms. The molecule has 0 saturated heterocycles. The second-order valence-electron chi connectivity index (χ2n) is 3.56. The van der Waals surface area contributed by atoms with E-state index in [2.05, 4.69) is 0 Å². The Bertz CT molecular complexity index is 178. The molecular weight excluding hydrogens is 152 g/mol. The lowest BCUT2D eigenvalue weighted by Crippen LogP contribution is -2.32. The monoisotopic (exact) mass is 168 g/mol. The molecule has 2 atom stereocenters. The van der Waals surface area contributed by atoms with Crippen molar-refractivity contribution in [1.82, 2.24) is 0 Å². The van der Waals surface area contributed by atoms with E-state index in [4.69, 9.17) is 0 Å². The van der Waals surface area contributed by atoms with Gasteiger partial charge in [-0.15, -0.1) is 0 Å². The third-order valence-electron chi connectivity index (χ3n) is 2.74. The van der Waals surface area contributed by atoms with Crippen LogP contribution in [-0.4, -0.2) is 11.6 Å². The minimum absolute atomic E-state index is 0.0243. The van der Waals surface area contributed by atoms with Gasteiger partial charge in [-0.1, -0.05) is 13.8 Å². The molecule has 1 fully saturated rings. The molecule has 0 aromatic heterocycles. The molecule has 0 bridgehead atoms. The number of rotatable bonds is 2. The fourth-order valence-corrected chi connectivity index (χ4v) is 1.86. The number of Topliss-reactive ketones (excluding diaryl/α,β-unsaturated/α-hetero) is 2. The molecule has 2 nitrogen and oxygen atoms in total. The van der Waals surface area contributed by atoms with Gasteiger partial charge in [0.25, 0.3) is 0 Å². The molecule has 1 aliphatic carbocycles. The first-order chi connectivity index (χ1) is 5.69. The van der Waals surface area contributed by atoms with Crippen LogP contribution in [0.1, 0.15) is 39.5 Å². The first-order valence-corrected chi connectivity index (χ1v) is 4.74. The van der Waals surface area contributed by atoms with Gasteiger partial charge in [-0.2, -0.15) is 0 Å². The summed E-state index contributed by atoms with van der Waals surface area (Å²) in [4.78, 5) is 22.8. The van der Waals surface area contributed by atoms with Crippen molar-refractivity contribution in [2.45, 2.75) is 39.5 Å². The molecule has 68 valence electrons. The molecule has 0 N–H and O–H groups in total. The first kappa shape index (κ1) is 9.43. The Morgan fingerprint density at radius 1 is 1.08 bits per heavy atom. The van der Waals surface area contributed by atoms with E-state index in [-0.39, 0.29) is 17.6 Å². The van der Waals surface area contributed by atoms with Gasteiger partial charge in [0.15, 0.2) is 0 Å². The van der Waals surface area contributed by atoms with Gasteiger partial charge >= 0.3 is 0 Å². The summed E-state index contributed by atoms with van der Waals surface area (Å²) in [6.45, 7) is 3.96. The Kier molecular flexibility index (Phi) is 3.01. The zero-order chi connectivity index (χ0) is 9.14. The van der Waals surface area contributed by atoms with Crippen molar-refractivity contribution in [3.8, 4) is 0 Å². The summed E-state index contributed by atoms with van der Waals surface area (Å²) in [6, 6.07) is 0. The van der Waals surface area contributed by atoms with Gasteiger partial charge in [0, 0.05) is 24.7 Å². The smallest absolute Gasteiger partial charge is 0.139 e. The average molecular weight is 168 g/mol. The van der Waals surface area contributed by atoms with E-state index >= 15 is 0 Å². The third kappa shape index (κ3) is 1.74. The van der Waals surface area contributed by atoms with Crippen molar-refractivity contribution >= 4 is 11.6 Å². The van der Waals surface area contributed by atoms with Gasteiger partial charge in [0.2, 0.25) is 0 Å². The van der Waals surface area contributed by atoms with E-state index in [1.807, 2.05) is 13.8 Å². The zero-order valence-corrected chi connectivity index (χ0v) is 7.80. The Morgan fingerprint density at radius 3 is 1.83 bits per heavy atom. The van der Waals surface area contributed by atoms with Crippen molar-refractivity contribution < 1.29 is 9.59 Å². The Labute approximate surface area is 73.3 Å². The van der Waals surface area contributed by atoms with Crippen LogP contribution in [0.3, 0.4) is 0 Å². The van der Waals surface area contributed by atoms with E-state index in [1.165, 1.54) is 0 Å². The van der Waals surface area contributed by atoms with Crippen LogP contribution < -0.4 is 0 Å². The van der Waals surface area contributed by atoms with Gasteiger partial charge in [-0.25, -0.2) is 0 Å². The normalized spacial score (nSPS) is 30.8. The Morgan fingerprint density at radius 2 is 1.50 bits per heavy atom. The van der Waals surface area contributed by atoms with Crippen molar-refractivity contribution in [2.24, 2.45) is 11.8 Å². The molecule has 0 heterocycles. The maximum absolute atomic E-state index is 11.6. The van der Waals surface area contributed by atoms with E-state index in [1.54, 1.807) is 0 Å². The largest absolute Gasteiger partial charge is 0.300 e. The number of ketones is 2. The van der Waals surface area contributed by atoms with Crippen molar-refractivity contribution in [2.75, 3.05) is 0 Å². The summed E-state index contributed by atoms with van der Waals surface area (Å²) in [5.41, 5.74) is 0. The quantitative estimate of drug-likeness (QED) is 0.631. The molecule has 1 aliphatic rings. The fraction of sp³-hybridized carbons (Fsp3) is 0.800. The van der Waals surface area contributed by atoms with Gasteiger partial charge in [-0.3, -0.25) is 9.59 Å². The van der Waals surface area contributed by atoms with E-state index in [9.17, 15) is 9.59 Å². The van der Waals surface area contributed by atoms with E-state index < -0.39 is 0 Å². The second kappa shape index (κ2) is 3.83. The molecule has 0 radical (unpaired) electrons. The van der Waals surface area contributed by atoms with Crippen LogP contribution in [0.5, 0.6) is 0 Å². The fourth-order valence-electron chi connectivity index (χ4n) is 1.86. The molecule has 2 unspecified atom stereocenters. The van der Waals surface area contributed by atoms with Crippen molar-refractivity contribution in [3.63, 3.8) is 0 Å². The van der Waals surface area contributed by atoms with Gasteiger partial charge in [0.1, 0.15) is 11.6 Å². The van der Waals surface area contributed by atoms with Crippen LogP contribution in [0.4, 0.5) is 0 Å². The molecule has 12 heavy (non-hydrogen) atoms. The van der Waals surface area contributed by atoms with Gasteiger partial charge < -0.3 is 0 Å². The van der Waals surface area contributed by atoms with Crippen LogP contribution in [0.2, 0.25) is 0 Å². The highest BCUT2D eigenvalue weighted by Crippen LogP contribution is 2.27. The summed E-state index contributed by atoms with van der Waals surface area (Å²) >= 11 is 0. The lowest BCUT2D eigenvalue weighted by atomic mass is 9.77. The summed E-state index contributed by atoms with van der Waals surface area (Å²) in [6.07, 6.45) is 2.62. The molecular formula is C10H16O2. The number of carbonyl (C=O) groups excluding carboxylic acids is 2. The predicted octanol–water partition coefficient (Wildman–Crippen LogP) is 1.97. The minimum Gasteiger partial charge on any atom is -0.300 e. The lowest BCUT2D eigenvalue weighted by Gasteiger charge is -2.24. The van der Waals surface area contributed by atoms with Crippen LogP contribution >= 0.6 is 0 Å². The summed E-state index contributed by atoms with van der Waals surface area (Å²) in [7, 11) is 0. The van der Waals surface area contributed by atoms with Crippen LogP contribution in [0.15, 0.2) is 0 Å². The molecule has 0 aliphatic heterocycles.